The van der Waals surface area contributed by atoms with Crippen molar-refractivity contribution in [2.45, 2.75) is 45.1 Å². The van der Waals surface area contributed by atoms with Crippen LogP contribution in [-0.2, 0) is 32.3 Å². The van der Waals surface area contributed by atoms with Crippen LogP contribution in [0.1, 0.15) is 30.9 Å². The second-order valence-corrected chi connectivity index (χ2v) is 7.87. The van der Waals surface area contributed by atoms with Crippen molar-refractivity contribution in [1.82, 2.24) is 16.0 Å². The minimum absolute atomic E-state index is 0.00132. The van der Waals surface area contributed by atoms with E-state index in [1.807, 2.05) is 24.3 Å². The van der Waals surface area contributed by atoms with Gasteiger partial charge in [0.1, 0.15) is 30.4 Å². The van der Waals surface area contributed by atoms with E-state index in [-0.39, 0.29) is 32.6 Å². The molecule has 0 bridgehead atoms. The van der Waals surface area contributed by atoms with Crippen LogP contribution in [0, 0.1) is 10.1 Å². The first-order valence-electron chi connectivity index (χ1n) is 11.4. The first-order valence-corrected chi connectivity index (χ1v) is 11.4. The molecule has 0 spiro atoms. The summed E-state index contributed by atoms with van der Waals surface area (Å²) in [5.41, 5.74) is 6.93. The fraction of sp³-hybridized carbons (Fsp3) is 0.333. The van der Waals surface area contributed by atoms with Crippen LogP contribution < -0.4 is 21.7 Å². The molecular formula is C24H30N6O7. The summed E-state index contributed by atoms with van der Waals surface area (Å²) >= 11 is 0. The molecule has 13 heteroatoms. The number of benzene rings is 2. The molecule has 0 aliphatic carbocycles. The largest absolute Gasteiger partial charge is 0.459 e. The summed E-state index contributed by atoms with van der Waals surface area (Å²) in [4.78, 5) is 47.9. The zero-order valence-electron chi connectivity index (χ0n) is 20.3. The number of nitrogens with zero attached hydrogens (tertiary/aromatic N) is 2. The number of amides is 2. The zero-order chi connectivity index (χ0) is 27.0. The average molecular weight is 515 g/mol. The molecule has 0 fully saturated rings. The Morgan fingerprint density at radius 2 is 1.54 bits per heavy atom. The number of ether oxygens (including phenoxy) is 2. The van der Waals surface area contributed by atoms with Gasteiger partial charge in [0.05, 0.1) is 0 Å². The van der Waals surface area contributed by atoms with Crippen LogP contribution in [-0.4, -0.2) is 47.6 Å². The second kappa shape index (κ2) is 15.3. The Hall–Kier alpha value is -4.68. The van der Waals surface area contributed by atoms with Gasteiger partial charge in [0, 0.05) is 6.54 Å². The molecule has 2 amide bonds. The van der Waals surface area contributed by atoms with E-state index in [1.54, 1.807) is 36.4 Å². The van der Waals surface area contributed by atoms with Crippen LogP contribution in [0.15, 0.2) is 65.8 Å². The summed E-state index contributed by atoms with van der Waals surface area (Å²) in [7, 11) is 0. The van der Waals surface area contributed by atoms with Crippen LogP contribution in [0.2, 0.25) is 0 Å². The number of nitrogens with two attached hydrogens (primary N) is 1. The Bertz CT molecular complexity index is 1070. The first kappa shape index (κ1) is 28.6. The number of carbonyl (C=O) groups excluding carboxylic acids is 3. The minimum atomic E-state index is -1.07. The third kappa shape index (κ3) is 11.5. The SMILES string of the molecule is C[C@@H](NC(=O)[C@@H](CCCN/C(N)=N\[N+](=O)[O-])NC(=O)OCc1ccccc1)C(=O)OCc1ccccc1. The van der Waals surface area contributed by atoms with Crippen LogP contribution in [0.4, 0.5) is 4.79 Å². The highest BCUT2D eigenvalue weighted by atomic mass is 16.7. The van der Waals surface area contributed by atoms with E-state index >= 15 is 0 Å². The van der Waals surface area contributed by atoms with Crippen LogP contribution in [0.25, 0.3) is 0 Å². The van der Waals surface area contributed by atoms with Crippen molar-refractivity contribution in [2.75, 3.05) is 6.54 Å². The Morgan fingerprint density at radius 3 is 2.11 bits per heavy atom. The lowest BCUT2D eigenvalue weighted by atomic mass is 10.1. The second-order valence-electron chi connectivity index (χ2n) is 7.87. The lowest BCUT2D eigenvalue weighted by molar-refractivity contribution is -0.485. The van der Waals surface area contributed by atoms with Crippen molar-refractivity contribution in [3.63, 3.8) is 0 Å². The van der Waals surface area contributed by atoms with Crippen molar-refractivity contribution >= 4 is 23.9 Å². The van der Waals surface area contributed by atoms with E-state index in [0.717, 1.165) is 11.1 Å². The number of hydrogen-bond donors (Lipinski definition) is 4. The van der Waals surface area contributed by atoms with Crippen LogP contribution >= 0.6 is 0 Å². The van der Waals surface area contributed by atoms with Gasteiger partial charge in [-0.2, -0.15) is 0 Å². The molecule has 5 N–H and O–H groups in total. The number of hydrazone groups is 1. The molecule has 198 valence electrons. The van der Waals surface area contributed by atoms with E-state index in [4.69, 9.17) is 15.2 Å². The Balaban J connectivity index is 1.92. The standard InChI is InChI=1S/C24H30N6O7/c1-17(22(32)36-15-18-9-4-2-5-10-18)27-21(31)20(13-8-14-26-23(25)29-30(34)35)28-24(33)37-16-19-11-6-3-7-12-19/h2-7,9-12,17,20H,8,13-16H2,1H3,(H,27,31)(H,28,33)(H3,25,26,29)/t17-,20-/m1/s1. The maximum atomic E-state index is 12.9. The molecule has 0 aliphatic heterocycles. The smallest absolute Gasteiger partial charge is 0.408 e. The van der Waals surface area contributed by atoms with Gasteiger partial charge in [-0.15, -0.1) is 0 Å². The number of hydrogen-bond acceptors (Lipinski definition) is 7. The maximum absolute atomic E-state index is 12.9. The number of alkyl carbamates (subject to hydrolysis) is 1. The quantitative estimate of drug-likeness (QED) is 0.0765. The van der Waals surface area contributed by atoms with Gasteiger partial charge < -0.3 is 31.2 Å². The Morgan fingerprint density at radius 1 is 0.973 bits per heavy atom. The number of guanidine groups is 1. The highest BCUT2D eigenvalue weighted by molar-refractivity contribution is 5.89. The van der Waals surface area contributed by atoms with Gasteiger partial charge in [-0.3, -0.25) is 4.79 Å². The van der Waals surface area contributed by atoms with Crippen molar-refractivity contribution in [3.8, 4) is 0 Å². The van der Waals surface area contributed by atoms with Crippen molar-refractivity contribution in [2.24, 2.45) is 10.8 Å². The molecule has 0 aromatic heterocycles. The van der Waals surface area contributed by atoms with Crippen molar-refractivity contribution in [1.29, 1.82) is 0 Å². The molecular weight excluding hydrogens is 484 g/mol. The normalized spacial score (nSPS) is 12.5. The molecule has 13 nitrogen and oxygen atoms in total. The van der Waals surface area contributed by atoms with Gasteiger partial charge in [-0.1, -0.05) is 60.7 Å². The molecule has 0 radical (unpaired) electrons. The van der Waals surface area contributed by atoms with Crippen LogP contribution in [0.3, 0.4) is 0 Å². The lowest BCUT2D eigenvalue weighted by Crippen LogP contribution is -2.51. The Kier molecular flexibility index (Phi) is 11.8. The number of rotatable bonds is 13. The molecule has 0 heterocycles. The van der Waals surface area contributed by atoms with Crippen molar-refractivity contribution < 1.29 is 28.9 Å². The molecule has 0 saturated carbocycles. The van der Waals surface area contributed by atoms with Gasteiger partial charge in [0.2, 0.25) is 5.91 Å². The predicted molar refractivity (Wildman–Crippen MR) is 133 cm³/mol. The molecule has 2 aromatic rings. The summed E-state index contributed by atoms with van der Waals surface area (Å²) in [6.45, 7) is 1.65. The van der Waals surface area contributed by atoms with Gasteiger partial charge in [0.25, 0.3) is 5.96 Å². The minimum Gasteiger partial charge on any atom is -0.459 e. The third-order valence-electron chi connectivity index (χ3n) is 4.92. The first-order chi connectivity index (χ1) is 17.7. The maximum Gasteiger partial charge on any atom is 0.408 e. The highest BCUT2D eigenvalue weighted by Crippen LogP contribution is 2.05. The lowest BCUT2D eigenvalue weighted by Gasteiger charge is -2.21. The molecule has 2 aromatic carbocycles. The molecule has 0 unspecified atom stereocenters. The van der Waals surface area contributed by atoms with Gasteiger partial charge in [-0.05, 0) is 30.9 Å². The van der Waals surface area contributed by atoms with E-state index < -0.39 is 41.0 Å². The molecule has 0 aliphatic rings. The summed E-state index contributed by atoms with van der Waals surface area (Å²) in [6, 6.07) is 16.0. The van der Waals surface area contributed by atoms with E-state index in [2.05, 4.69) is 21.1 Å². The summed E-state index contributed by atoms with van der Waals surface area (Å²) in [6.07, 6.45) is -0.445. The van der Waals surface area contributed by atoms with E-state index in [0.29, 0.717) is 0 Å². The summed E-state index contributed by atoms with van der Waals surface area (Å²) in [5.74, 6) is -1.67. The number of esters is 1. The fourth-order valence-corrected chi connectivity index (χ4v) is 3.05. The van der Waals surface area contributed by atoms with Gasteiger partial charge in [0.15, 0.2) is 5.03 Å². The van der Waals surface area contributed by atoms with Gasteiger partial charge in [-0.25, -0.2) is 19.7 Å². The van der Waals surface area contributed by atoms with Crippen LogP contribution in [0.5, 0.6) is 0 Å². The number of nitrogens with one attached hydrogen (secondary N) is 3. The predicted octanol–water partition coefficient (Wildman–Crippen LogP) is 1.41. The monoisotopic (exact) mass is 514 g/mol. The third-order valence-corrected chi connectivity index (χ3v) is 4.92. The van der Waals surface area contributed by atoms with E-state index in [1.165, 1.54) is 6.92 Å². The average Bonchev–Trinajstić information content (AvgIpc) is 2.88. The fourth-order valence-electron chi connectivity index (χ4n) is 3.05. The highest BCUT2D eigenvalue weighted by Gasteiger charge is 2.25. The summed E-state index contributed by atoms with van der Waals surface area (Å²) < 4.78 is 10.4. The zero-order valence-corrected chi connectivity index (χ0v) is 20.3. The molecule has 2 atom stereocenters. The number of nitro groups is 1. The molecule has 0 saturated heterocycles. The van der Waals surface area contributed by atoms with E-state index in [9.17, 15) is 24.5 Å². The number of carbonyl (C=O) groups is 3. The summed E-state index contributed by atoms with van der Waals surface area (Å²) in [5, 5.41) is 19.9. The Labute approximate surface area is 213 Å². The van der Waals surface area contributed by atoms with Crippen molar-refractivity contribution in [3.05, 3.63) is 81.9 Å². The van der Waals surface area contributed by atoms with Gasteiger partial charge >= 0.3 is 12.1 Å². The molecule has 2 rings (SSSR count). The molecule has 37 heavy (non-hydrogen) atoms. The topological polar surface area (TPSA) is 187 Å².